The third-order valence-electron chi connectivity index (χ3n) is 2.41. The summed E-state index contributed by atoms with van der Waals surface area (Å²) in [6.07, 6.45) is 1.43. The van der Waals surface area contributed by atoms with Gasteiger partial charge in [0.1, 0.15) is 12.9 Å². The number of ether oxygens (including phenoxy) is 1. The van der Waals surface area contributed by atoms with Gasteiger partial charge >= 0.3 is 0 Å². The Bertz CT molecular complexity index is 588. The molecule has 0 aliphatic heterocycles. The fraction of sp³-hybridized carbons (Fsp3) is 0.250. The molecule has 0 N–H and O–H groups in total. The van der Waals surface area contributed by atoms with Crippen LogP contribution in [0, 0.1) is 17.1 Å². The highest BCUT2D eigenvalue weighted by Crippen LogP contribution is 2.18. The summed E-state index contributed by atoms with van der Waals surface area (Å²) in [5.74, 6) is 0.164. The lowest BCUT2D eigenvalue weighted by atomic mass is 10.2. The number of aryl methyl sites for hydroxylation is 1. The average Bonchev–Trinajstić information content (AvgIpc) is 2.84. The zero-order valence-electron chi connectivity index (χ0n) is 9.80. The first kappa shape index (κ1) is 12.0. The Balaban J connectivity index is 2.09. The molecule has 1 aromatic carbocycles. The van der Waals surface area contributed by atoms with Crippen LogP contribution in [0.5, 0.6) is 5.75 Å². The van der Waals surface area contributed by atoms with Crippen LogP contribution in [0.25, 0.3) is 0 Å². The summed E-state index contributed by atoms with van der Waals surface area (Å²) in [6.45, 7) is 2.74. The lowest BCUT2D eigenvalue weighted by Gasteiger charge is -2.07. The van der Waals surface area contributed by atoms with Gasteiger partial charge in [0.25, 0.3) is 0 Å². The summed E-state index contributed by atoms with van der Waals surface area (Å²) >= 11 is 0. The van der Waals surface area contributed by atoms with Crippen LogP contribution in [-0.4, -0.2) is 14.8 Å². The maximum Gasteiger partial charge on any atom is 0.166 e. The number of benzene rings is 1. The Morgan fingerprint density at radius 1 is 1.50 bits per heavy atom. The van der Waals surface area contributed by atoms with Crippen LogP contribution in [0.1, 0.15) is 18.3 Å². The smallest absolute Gasteiger partial charge is 0.166 e. The SMILES string of the molecule is CCn1ncnc1COc1ccc(C#N)cc1F. The van der Waals surface area contributed by atoms with E-state index in [-0.39, 0.29) is 17.9 Å². The minimum absolute atomic E-state index is 0.0969. The molecule has 5 nitrogen and oxygen atoms in total. The summed E-state index contributed by atoms with van der Waals surface area (Å²) in [5, 5.41) is 12.6. The van der Waals surface area contributed by atoms with Gasteiger partial charge in [0.05, 0.1) is 11.6 Å². The minimum Gasteiger partial charge on any atom is -0.483 e. The van der Waals surface area contributed by atoms with Crippen molar-refractivity contribution in [1.29, 1.82) is 5.26 Å². The molecule has 0 atom stereocenters. The van der Waals surface area contributed by atoms with Crippen molar-refractivity contribution in [1.82, 2.24) is 14.8 Å². The van der Waals surface area contributed by atoms with Crippen molar-refractivity contribution in [2.24, 2.45) is 0 Å². The molecule has 92 valence electrons. The van der Waals surface area contributed by atoms with Gasteiger partial charge in [0, 0.05) is 6.54 Å². The van der Waals surface area contributed by atoms with Crippen LogP contribution >= 0.6 is 0 Å². The highest BCUT2D eigenvalue weighted by Gasteiger charge is 2.07. The van der Waals surface area contributed by atoms with Crippen LogP contribution < -0.4 is 4.74 Å². The van der Waals surface area contributed by atoms with Crippen molar-refractivity contribution in [3.8, 4) is 11.8 Å². The molecular formula is C12H11FN4O. The van der Waals surface area contributed by atoms with E-state index in [1.165, 1.54) is 18.5 Å². The van der Waals surface area contributed by atoms with Crippen molar-refractivity contribution >= 4 is 0 Å². The number of hydrogen-bond acceptors (Lipinski definition) is 4. The lowest BCUT2D eigenvalue weighted by Crippen LogP contribution is -2.07. The standard InChI is InChI=1S/C12H11FN4O/c1-2-17-12(15-8-16-17)7-18-11-4-3-9(6-14)5-10(11)13/h3-5,8H,2,7H2,1H3. The van der Waals surface area contributed by atoms with E-state index in [0.29, 0.717) is 12.4 Å². The van der Waals surface area contributed by atoms with Crippen LogP contribution in [0.2, 0.25) is 0 Å². The van der Waals surface area contributed by atoms with Crippen molar-refractivity contribution < 1.29 is 9.13 Å². The van der Waals surface area contributed by atoms with Gasteiger partial charge in [-0.25, -0.2) is 14.1 Å². The van der Waals surface area contributed by atoms with Crippen LogP contribution in [0.15, 0.2) is 24.5 Å². The van der Waals surface area contributed by atoms with Crippen LogP contribution in [0.4, 0.5) is 4.39 Å². The van der Waals surface area contributed by atoms with Gasteiger partial charge in [-0.15, -0.1) is 0 Å². The third-order valence-corrected chi connectivity index (χ3v) is 2.41. The Kier molecular flexibility index (Phi) is 3.53. The molecule has 0 saturated heterocycles. The first-order chi connectivity index (χ1) is 8.74. The van der Waals surface area contributed by atoms with Crippen LogP contribution in [-0.2, 0) is 13.2 Å². The summed E-state index contributed by atoms with van der Waals surface area (Å²) in [4.78, 5) is 4.02. The third kappa shape index (κ3) is 2.46. The molecule has 0 radical (unpaired) electrons. The Morgan fingerprint density at radius 2 is 2.33 bits per heavy atom. The topological polar surface area (TPSA) is 63.7 Å². The highest BCUT2D eigenvalue weighted by molar-refractivity contribution is 5.35. The maximum atomic E-state index is 13.5. The molecule has 6 heteroatoms. The molecule has 2 rings (SSSR count). The van der Waals surface area contributed by atoms with E-state index >= 15 is 0 Å². The van der Waals surface area contributed by atoms with Crippen molar-refractivity contribution in [2.75, 3.05) is 0 Å². The number of hydrogen-bond donors (Lipinski definition) is 0. The summed E-state index contributed by atoms with van der Waals surface area (Å²) in [7, 11) is 0. The fourth-order valence-electron chi connectivity index (χ4n) is 1.49. The molecule has 1 heterocycles. The van der Waals surface area contributed by atoms with E-state index in [4.69, 9.17) is 10.00 Å². The predicted molar refractivity (Wildman–Crippen MR) is 61.1 cm³/mol. The van der Waals surface area contributed by atoms with E-state index < -0.39 is 5.82 Å². The largest absolute Gasteiger partial charge is 0.483 e. The Labute approximate surface area is 103 Å². The number of aromatic nitrogens is 3. The molecule has 0 bridgehead atoms. The van der Waals surface area contributed by atoms with Gasteiger partial charge in [-0.1, -0.05) is 0 Å². The van der Waals surface area contributed by atoms with E-state index in [2.05, 4.69) is 10.1 Å². The molecule has 1 aromatic heterocycles. The van der Waals surface area contributed by atoms with Gasteiger partial charge in [-0.05, 0) is 25.1 Å². The molecule has 0 aliphatic rings. The quantitative estimate of drug-likeness (QED) is 0.826. The molecule has 0 amide bonds. The Morgan fingerprint density at radius 3 is 3.00 bits per heavy atom. The predicted octanol–water partition coefficient (Wildman–Crippen LogP) is 1.89. The fourth-order valence-corrected chi connectivity index (χ4v) is 1.49. The van der Waals surface area contributed by atoms with E-state index in [9.17, 15) is 4.39 Å². The van der Waals surface area contributed by atoms with Crippen molar-refractivity contribution in [3.05, 3.63) is 41.7 Å². The normalized spacial score (nSPS) is 10.1. The number of nitrogens with zero attached hydrogens (tertiary/aromatic N) is 4. The highest BCUT2D eigenvalue weighted by atomic mass is 19.1. The minimum atomic E-state index is -0.559. The van der Waals surface area contributed by atoms with E-state index in [0.717, 1.165) is 6.07 Å². The molecule has 0 fully saturated rings. The average molecular weight is 246 g/mol. The van der Waals surface area contributed by atoms with Gasteiger partial charge in [-0.2, -0.15) is 10.4 Å². The van der Waals surface area contributed by atoms with Gasteiger partial charge in [0.15, 0.2) is 17.4 Å². The zero-order valence-corrected chi connectivity index (χ0v) is 9.80. The summed E-state index contributed by atoms with van der Waals surface area (Å²) in [6, 6.07) is 5.93. The molecule has 0 aliphatic carbocycles. The molecule has 2 aromatic rings. The summed E-state index contributed by atoms with van der Waals surface area (Å²) in [5.41, 5.74) is 0.261. The number of rotatable bonds is 4. The van der Waals surface area contributed by atoms with Crippen molar-refractivity contribution in [3.63, 3.8) is 0 Å². The molecule has 0 saturated carbocycles. The second-order valence-corrected chi connectivity index (χ2v) is 3.54. The van der Waals surface area contributed by atoms with E-state index in [1.54, 1.807) is 4.68 Å². The second-order valence-electron chi connectivity index (χ2n) is 3.54. The van der Waals surface area contributed by atoms with Crippen LogP contribution in [0.3, 0.4) is 0 Å². The van der Waals surface area contributed by atoms with Gasteiger partial charge in [0.2, 0.25) is 0 Å². The molecule has 0 unspecified atom stereocenters. The number of halogens is 1. The monoisotopic (exact) mass is 246 g/mol. The number of nitriles is 1. The van der Waals surface area contributed by atoms with Gasteiger partial charge < -0.3 is 4.74 Å². The first-order valence-electron chi connectivity index (χ1n) is 5.43. The molecule has 0 spiro atoms. The maximum absolute atomic E-state index is 13.5. The second kappa shape index (κ2) is 5.27. The lowest BCUT2D eigenvalue weighted by molar-refractivity contribution is 0.273. The molecular weight excluding hydrogens is 235 g/mol. The first-order valence-corrected chi connectivity index (χ1v) is 5.43. The van der Waals surface area contributed by atoms with Gasteiger partial charge in [-0.3, -0.25) is 0 Å². The zero-order chi connectivity index (χ0) is 13.0. The Hall–Kier alpha value is -2.42. The summed E-state index contributed by atoms with van der Waals surface area (Å²) < 4.78 is 20.5. The molecule has 18 heavy (non-hydrogen) atoms. The van der Waals surface area contributed by atoms with Crippen molar-refractivity contribution in [2.45, 2.75) is 20.1 Å². The van der Waals surface area contributed by atoms with E-state index in [1.807, 2.05) is 13.0 Å².